The third-order valence-electron chi connectivity index (χ3n) is 1.92. The summed E-state index contributed by atoms with van der Waals surface area (Å²) in [5.74, 6) is -0.923. The van der Waals surface area contributed by atoms with E-state index in [1.165, 1.54) is 6.07 Å². The molecule has 1 atom stereocenters. The molecule has 0 aliphatic rings. The van der Waals surface area contributed by atoms with Crippen molar-refractivity contribution in [1.29, 1.82) is 0 Å². The predicted octanol–water partition coefficient (Wildman–Crippen LogP) is 2.09. The molecule has 1 heterocycles. The number of nitrogens with one attached hydrogen (secondary N) is 1. The van der Waals surface area contributed by atoms with Gasteiger partial charge in [-0.15, -0.1) is 0 Å². The van der Waals surface area contributed by atoms with Gasteiger partial charge in [-0.3, -0.25) is 14.9 Å². The summed E-state index contributed by atoms with van der Waals surface area (Å²) in [6, 6.07) is 2.43. The fourth-order valence-electron chi connectivity index (χ4n) is 1.08. The van der Waals surface area contributed by atoms with E-state index in [0.717, 1.165) is 17.8 Å². The molecule has 0 spiro atoms. The molecule has 0 bridgehead atoms. The van der Waals surface area contributed by atoms with Gasteiger partial charge in [0.2, 0.25) is 0 Å². The number of hydrogen-bond donors (Lipinski definition) is 1. The van der Waals surface area contributed by atoms with Gasteiger partial charge in [0.1, 0.15) is 4.92 Å². The van der Waals surface area contributed by atoms with E-state index in [2.05, 4.69) is 21.2 Å². The first-order valence-corrected chi connectivity index (χ1v) is 5.77. The quantitative estimate of drug-likeness (QED) is 0.511. The topological polar surface area (TPSA) is 85.4 Å². The summed E-state index contributed by atoms with van der Waals surface area (Å²) in [6.07, 6.45) is 0.772. The van der Waals surface area contributed by atoms with Crippen LogP contribution < -0.4 is 5.32 Å². The van der Waals surface area contributed by atoms with E-state index in [0.29, 0.717) is 0 Å². The Morgan fingerprint density at radius 2 is 2.38 bits per heavy atom. The molecule has 0 fully saturated rings. The Labute approximate surface area is 100 Å². The van der Waals surface area contributed by atoms with Gasteiger partial charge in [-0.05, 0) is 19.4 Å². The molecule has 6 nitrogen and oxygen atoms in total. The van der Waals surface area contributed by atoms with Crippen molar-refractivity contribution in [3.05, 3.63) is 28.0 Å². The Bertz CT molecular complexity index is 391. The van der Waals surface area contributed by atoms with Crippen molar-refractivity contribution in [2.45, 2.75) is 19.4 Å². The molecule has 1 unspecified atom stereocenters. The van der Waals surface area contributed by atoms with Crippen LogP contribution in [0.5, 0.6) is 0 Å². The largest absolute Gasteiger partial charge is 0.433 e. The van der Waals surface area contributed by atoms with Gasteiger partial charge < -0.3 is 9.73 Å². The number of amides is 1. The van der Waals surface area contributed by atoms with Crippen LogP contribution in [-0.2, 0) is 0 Å². The van der Waals surface area contributed by atoms with Crippen LogP contribution in [0.2, 0.25) is 0 Å². The Balaban J connectivity index is 2.62. The average Bonchev–Trinajstić information content (AvgIpc) is 2.66. The summed E-state index contributed by atoms with van der Waals surface area (Å²) in [5, 5.41) is 13.8. The van der Waals surface area contributed by atoms with E-state index in [-0.39, 0.29) is 11.8 Å². The standard InChI is InChI=1S/C9H11BrN2O4/c1-6(4-5-10)11-9(13)7-2-3-8(16-7)12(14)15/h2-3,6H,4-5H2,1H3,(H,11,13). The van der Waals surface area contributed by atoms with Crippen LogP contribution in [0, 0.1) is 10.1 Å². The molecule has 88 valence electrons. The molecule has 0 aliphatic heterocycles. The molecule has 1 rings (SSSR count). The zero-order valence-corrected chi connectivity index (χ0v) is 10.2. The number of hydrogen-bond acceptors (Lipinski definition) is 4. The van der Waals surface area contributed by atoms with Crippen LogP contribution in [0.4, 0.5) is 5.88 Å². The van der Waals surface area contributed by atoms with Crippen LogP contribution in [-0.4, -0.2) is 22.2 Å². The van der Waals surface area contributed by atoms with Crippen molar-refractivity contribution in [1.82, 2.24) is 5.32 Å². The number of nitro groups is 1. The SMILES string of the molecule is CC(CCBr)NC(=O)c1ccc([N+](=O)[O-])o1. The van der Waals surface area contributed by atoms with Gasteiger partial charge in [0.25, 0.3) is 5.91 Å². The third-order valence-corrected chi connectivity index (χ3v) is 2.37. The van der Waals surface area contributed by atoms with Crippen LogP contribution in [0.3, 0.4) is 0 Å². The van der Waals surface area contributed by atoms with E-state index in [1.54, 1.807) is 0 Å². The summed E-state index contributed by atoms with van der Waals surface area (Å²) in [7, 11) is 0. The van der Waals surface area contributed by atoms with Crippen molar-refractivity contribution in [3.8, 4) is 0 Å². The Hall–Kier alpha value is -1.37. The van der Waals surface area contributed by atoms with E-state index in [9.17, 15) is 14.9 Å². The minimum atomic E-state index is -0.682. The number of rotatable bonds is 5. The van der Waals surface area contributed by atoms with E-state index < -0.39 is 16.7 Å². The van der Waals surface area contributed by atoms with E-state index >= 15 is 0 Å². The fraction of sp³-hybridized carbons (Fsp3) is 0.444. The highest BCUT2D eigenvalue weighted by molar-refractivity contribution is 9.09. The monoisotopic (exact) mass is 290 g/mol. The molecule has 1 amide bonds. The number of furan rings is 1. The molecule has 7 heteroatoms. The highest BCUT2D eigenvalue weighted by Gasteiger charge is 2.18. The van der Waals surface area contributed by atoms with Crippen LogP contribution in [0.25, 0.3) is 0 Å². The number of nitrogens with zero attached hydrogens (tertiary/aromatic N) is 1. The molecule has 1 N–H and O–H groups in total. The minimum Gasteiger partial charge on any atom is -0.395 e. The minimum absolute atomic E-state index is 0.0176. The molecular formula is C9H11BrN2O4. The lowest BCUT2D eigenvalue weighted by atomic mass is 10.2. The summed E-state index contributed by atoms with van der Waals surface area (Å²) < 4.78 is 4.76. The lowest BCUT2D eigenvalue weighted by Crippen LogP contribution is -2.32. The fourth-order valence-corrected chi connectivity index (χ4v) is 1.77. The predicted molar refractivity (Wildman–Crippen MR) is 60.7 cm³/mol. The average molecular weight is 291 g/mol. The highest BCUT2D eigenvalue weighted by atomic mass is 79.9. The molecule has 0 saturated carbocycles. The summed E-state index contributed by atoms with van der Waals surface area (Å²) in [5.41, 5.74) is 0. The van der Waals surface area contributed by atoms with Crippen molar-refractivity contribution in [2.24, 2.45) is 0 Å². The maximum atomic E-state index is 11.5. The number of alkyl halides is 1. The Kier molecular flexibility index (Phi) is 4.48. The number of carbonyl (C=O) groups is 1. The van der Waals surface area contributed by atoms with Crippen LogP contribution in [0.15, 0.2) is 16.5 Å². The van der Waals surface area contributed by atoms with Gasteiger partial charge in [-0.1, -0.05) is 15.9 Å². The highest BCUT2D eigenvalue weighted by Crippen LogP contribution is 2.15. The lowest BCUT2D eigenvalue weighted by Gasteiger charge is -2.10. The van der Waals surface area contributed by atoms with Crippen molar-refractivity contribution in [3.63, 3.8) is 0 Å². The second kappa shape index (κ2) is 5.64. The second-order valence-corrected chi connectivity index (χ2v) is 4.04. The summed E-state index contributed by atoms with van der Waals surface area (Å²) in [6.45, 7) is 1.84. The molecular weight excluding hydrogens is 280 g/mol. The first-order chi connectivity index (χ1) is 7.54. The number of carbonyl (C=O) groups excluding carboxylic acids is 1. The molecule has 1 aromatic heterocycles. The second-order valence-electron chi connectivity index (χ2n) is 3.25. The van der Waals surface area contributed by atoms with E-state index in [1.807, 2.05) is 6.92 Å². The maximum absolute atomic E-state index is 11.5. The van der Waals surface area contributed by atoms with Gasteiger partial charge in [0, 0.05) is 11.4 Å². The van der Waals surface area contributed by atoms with Gasteiger partial charge in [-0.2, -0.15) is 0 Å². The Morgan fingerprint density at radius 3 is 2.88 bits per heavy atom. The number of halogens is 1. The maximum Gasteiger partial charge on any atom is 0.433 e. The molecule has 0 saturated heterocycles. The zero-order chi connectivity index (χ0) is 12.1. The molecule has 16 heavy (non-hydrogen) atoms. The van der Waals surface area contributed by atoms with Gasteiger partial charge in [0.05, 0.1) is 6.07 Å². The van der Waals surface area contributed by atoms with E-state index in [4.69, 9.17) is 4.42 Å². The van der Waals surface area contributed by atoms with Gasteiger partial charge in [-0.25, -0.2) is 0 Å². The third kappa shape index (κ3) is 3.34. The molecule has 0 aliphatic carbocycles. The summed E-state index contributed by atoms with van der Waals surface area (Å²) >= 11 is 3.26. The Morgan fingerprint density at radius 1 is 1.69 bits per heavy atom. The summed E-state index contributed by atoms with van der Waals surface area (Å²) in [4.78, 5) is 21.2. The normalized spacial score (nSPS) is 12.1. The van der Waals surface area contributed by atoms with Gasteiger partial charge >= 0.3 is 5.88 Å². The zero-order valence-electron chi connectivity index (χ0n) is 8.60. The van der Waals surface area contributed by atoms with Crippen LogP contribution >= 0.6 is 15.9 Å². The molecule has 0 radical (unpaired) electrons. The van der Waals surface area contributed by atoms with Crippen LogP contribution in [0.1, 0.15) is 23.9 Å². The lowest BCUT2D eigenvalue weighted by molar-refractivity contribution is -0.402. The first kappa shape index (κ1) is 12.7. The smallest absolute Gasteiger partial charge is 0.395 e. The molecule has 1 aromatic rings. The van der Waals surface area contributed by atoms with Gasteiger partial charge in [0.15, 0.2) is 5.76 Å². The molecule has 0 aromatic carbocycles. The van der Waals surface area contributed by atoms with Crippen molar-refractivity contribution < 1.29 is 14.1 Å². The van der Waals surface area contributed by atoms with Crippen molar-refractivity contribution in [2.75, 3.05) is 5.33 Å². The van der Waals surface area contributed by atoms with Crippen molar-refractivity contribution >= 4 is 27.7 Å². The first-order valence-electron chi connectivity index (χ1n) is 4.65.